The van der Waals surface area contributed by atoms with Crippen LogP contribution in [0.1, 0.15) is 23.6 Å². The zero-order valence-electron chi connectivity index (χ0n) is 19.8. The van der Waals surface area contributed by atoms with E-state index < -0.39 is 23.8 Å². The van der Waals surface area contributed by atoms with Crippen molar-refractivity contribution < 1.29 is 28.2 Å². The highest BCUT2D eigenvalue weighted by molar-refractivity contribution is 5.74. The fourth-order valence-electron chi connectivity index (χ4n) is 4.38. The molecule has 0 radical (unpaired) electrons. The molecular weight excluding hydrogens is 471 g/mol. The summed E-state index contributed by atoms with van der Waals surface area (Å²) in [6.45, 7) is 3.67. The number of aromatic nitrogens is 1. The Hall–Kier alpha value is -3.27. The molecule has 1 aliphatic rings. The van der Waals surface area contributed by atoms with Gasteiger partial charge in [0.05, 0.1) is 0 Å². The molecule has 2 atom stereocenters. The van der Waals surface area contributed by atoms with Gasteiger partial charge in [-0.3, -0.25) is 19.6 Å². The van der Waals surface area contributed by atoms with E-state index >= 15 is 0 Å². The molecule has 9 heteroatoms. The fraction of sp³-hybridized carbons (Fsp3) is 0.333. The molecule has 3 aromatic rings. The molecule has 0 amide bonds. The number of rotatable bonds is 7. The first-order valence-electron chi connectivity index (χ1n) is 11.6. The number of carboxylic acids is 1. The van der Waals surface area contributed by atoms with E-state index in [1.807, 2.05) is 41.3 Å². The number of halogens is 3. The van der Waals surface area contributed by atoms with Gasteiger partial charge < -0.3 is 10.2 Å². The van der Waals surface area contributed by atoms with Crippen molar-refractivity contribution in [3.63, 3.8) is 0 Å². The molecule has 0 spiro atoms. The van der Waals surface area contributed by atoms with Crippen LogP contribution < -0.4 is 0 Å². The van der Waals surface area contributed by atoms with Crippen LogP contribution in [0.2, 0.25) is 0 Å². The van der Waals surface area contributed by atoms with Crippen molar-refractivity contribution in [2.75, 3.05) is 19.6 Å². The number of aliphatic hydroxyl groups is 1. The van der Waals surface area contributed by atoms with Crippen LogP contribution in [0.5, 0.6) is 0 Å². The van der Waals surface area contributed by atoms with Gasteiger partial charge in [0, 0.05) is 45.1 Å². The van der Waals surface area contributed by atoms with E-state index in [4.69, 9.17) is 0 Å². The quantitative estimate of drug-likeness (QED) is 0.505. The van der Waals surface area contributed by atoms with Gasteiger partial charge in [-0.05, 0) is 46.9 Å². The second-order valence-electron chi connectivity index (χ2n) is 9.26. The summed E-state index contributed by atoms with van der Waals surface area (Å²) in [4.78, 5) is 20.1. The lowest BCUT2D eigenvalue weighted by molar-refractivity contribution is -0.258. The third-order valence-electron chi connectivity index (χ3n) is 6.69. The minimum atomic E-state index is -4.77. The van der Waals surface area contributed by atoms with Gasteiger partial charge in [-0.2, -0.15) is 13.2 Å². The molecule has 2 heterocycles. The Morgan fingerprint density at radius 2 is 1.47 bits per heavy atom. The number of aliphatic carboxylic acids is 1. The average Bonchev–Trinajstić information content (AvgIpc) is 2.85. The second-order valence-corrected chi connectivity index (χ2v) is 9.26. The van der Waals surface area contributed by atoms with Crippen molar-refractivity contribution >= 4 is 5.97 Å². The number of pyridine rings is 1. The molecule has 4 rings (SSSR count). The molecule has 0 aliphatic carbocycles. The molecule has 1 unspecified atom stereocenters. The summed E-state index contributed by atoms with van der Waals surface area (Å²) in [6, 6.07) is 16.4. The third-order valence-corrected chi connectivity index (χ3v) is 6.69. The Labute approximate surface area is 207 Å². The highest BCUT2D eigenvalue weighted by Gasteiger charge is 2.51. The van der Waals surface area contributed by atoms with Gasteiger partial charge in [0.15, 0.2) is 5.60 Å². The van der Waals surface area contributed by atoms with Crippen molar-refractivity contribution in [2.24, 2.45) is 0 Å². The lowest BCUT2D eigenvalue weighted by Gasteiger charge is -2.39. The minimum Gasteiger partial charge on any atom is -0.480 e. The molecule has 1 aromatic heterocycles. The lowest BCUT2D eigenvalue weighted by atomic mass is 9.93. The van der Waals surface area contributed by atoms with Crippen LogP contribution in [0.3, 0.4) is 0 Å². The number of carbonyl (C=O) groups is 1. The van der Waals surface area contributed by atoms with E-state index in [-0.39, 0.29) is 5.56 Å². The van der Waals surface area contributed by atoms with Crippen molar-refractivity contribution in [3.05, 3.63) is 89.7 Å². The standard InChI is InChI=1S/C27H28F3N3O3/c1-26(36,27(28,29)30)23-8-6-22(7-9-23)21-4-2-19(3-5-21)17-33-15-14-32(18-24(33)25(34)35)16-20-10-12-31-13-11-20/h2-13,24,36H,14-18H2,1H3,(H,34,35)/t24-,26?/m1/s1. The van der Waals surface area contributed by atoms with Crippen molar-refractivity contribution in [3.8, 4) is 11.1 Å². The number of hydrogen-bond acceptors (Lipinski definition) is 5. The van der Waals surface area contributed by atoms with Gasteiger partial charge in [0.25, 0.3) is 0 Å². The smallest absolute Gasteiger partial charge is 0.421 e. The van der Waals surface area contributed by atoms with Gasteiger partial charge in [-0.25, -0.2) is 0 Å². The summed E-state index contributed by atoms with van der Waals surface area (Å²) >= 11 is 0. The normalized spacial score (nSPS) is 19.1. The van der Waals surface area contributed by atoms with Crippen LogP contribution in [-0.2, 0) is 23.5 Å². The lowest BCUT2D eigenvalue weighted by Crippen LogP contribution is -2.55. The van der Waals surface area contributed by atoms with Crippen LogP contribution in [0.15, 0.2) is 73.1 Å². The zero-order chi connectivity index (χ0) is 25.9. The van der Waals surface area contributed by atoms with Crippen LogP contribution in [0.4, 0.5) is 13.2 Å². The summed E-state index contributed by atoms with van der Waals surface area (Å²) in [5.41, 5.74) is 0.430. The van der Waals surface area contributed by atoms with Gasteiger partial charge in [0.1, 0.15) is 6.04 Å². The molecule has 1 aliphatic heterocycles. The average molecular weight is 500 g/mol. The molecule has 2 N–H and O–H groups in total. The first-order valence-corrected chi connectivity index (χ1v) is 11.6. The molecule has 6 nitrogen and oxygen atoms in total. The van der Waals surface area contributed by atoms with E-state index in [1.54, 1.807) is 24.5 Å². The van der Waals surface area contributed by atoms with Gasteiger partial charge in [-0.15, -0.1) is 0 Å². The van der Waals surface area contributed by atoms with E-state index in [0.717, 1.165) is 35.7 Å². The Bertz CT molecular complexity index is 1170. The summed E-state index contributed by atoms with van der Waals surface area (Å²) in [5.74, 6) is -0.860. The maximum absolute atomic E-state index is 13.1. The summed E-state index contributed by atoms with van der Waals surface area (Å²) in [6.07, 6.45) is -1.32. The Kier molecular flexibility index (Phi) is 7.44. The predicted octanol–water partition coefficient (Wildman–Crippen LogP) is 4.29. The van der Waals surface area contributed by atoms with E-state index in [0.29, 0.717) is 26.2 Å². The number of hydrogen-bond donors (Lipinski definition) is 2. The fourth-order valence-corrected chi connectivity index (χ4v) is 4.38. The Balaban J connectivity index is 1.41. The van der Waals surface area contributed by atoms with Crippen molar-refractivity contribution in [1.29, 1.82) is 0 Å². The Morgan fingerprint density at radius 1 is 0.917 bits per heavy atom. The van der Waals surface area contributed by atoms with Gasteiger partial charge in [0.2, 0.25) is 0 Å². The highest BCUT2D eigenvalue weighted by Crippen LogP contribution is 2.39. The molecule has 2 aromatic carbocycles. The minimum absolute atomic E-state index is 0.224. The van der Waals surface area contributed by atoms with E-state index in [9.17, 15) is 28.2 Å². The van der Waals surface area contributed by atoms with Gasteiger partial charge >= 0.3 is 12.1 Å². The summed E-state index contributed by atoms with van der Waals surface area (Å²) in [5, 5.41) is 19.7. The maximum Gasteiger partial charge on any atom is 0.421 e. The van der Waals surface area contributed by atoms with Crippen LogP contribution in [0, 0.1) is 0 Å². The van der Waals surface area contributed by atoms with Crippen molar-refractivity contribution in [1.82, 2.24) is 14.8 Å². The summed E-state index contributed by atoms with van der Waals surface area (Å²) in [7, 11) is 0. The van der Waals surface area contributed by atoms with E-state index in [2.05, 4.69) is 9.88 Å². The van der Waals surface area contributed by atoms with Gasteiger partial charge in [-0.1, -0.05) is 48.5 Å². The van der Waals surface area contributed by atoms with Crippen LogP contribution >= 0.6 is 0 Å². The number of carboxylic acid groups (broad SMARTS) is 1. The maximum atomic E-state index is 13.1. The molecule has 190 valence electrons. The predicted molar refractivity (Wildman–Crippen MR) is 129 cm³/mol. The first kappa shape index (κ1) is 25.8. The first-order chi connectivity index (χ1) is 17.0. The van der Waals surface area contributed by atoms with Crippen LogP contribution in [0.25, 0.3) is 11.1 Å². The molecule has 1 fully saturated rings. The second kappa shape index (κ2) is 10.4. The third kappa shape index (κ3) is 5.75. The monoisotopic (exact) mass is 499 g/mol. The largest absolute Gasteiger partial charge is 0.480 e. The molecule has 36 heavy (non-hydrogen) atoms. The topological polar surface area (TPSA) is 76.9 Å². The zero-order valence-corrected chi connectivity index (χ0v) is 19.8. The highest BCUT2D eigenvalue weighted by atomic mass is 19.4. The number of alkyl halides is 3. The Morgan fingerprint density at radius 3 is 2.03 bits per heavy atom. The molecule has 1 saturated heterocycles. The number of nitrogens with zero attached hydrogens (tertiary/aromatic N) is 3. The SMILES string of the molecule is CC(O)(c1ccc(-c2ccc(CN3CCN(Cc4ccncc4)C[C@@H]3C(=O)O)cc2)cc1)C(F)(F)F. The molecule has 0 bridgehead atoms. The molecule has 0 saturated carbocycles. The van der Waals surface area contributed by atoms with Crippen LogP contribution in [-0.4, -0.2) is 62.8 Å². The number of benzene rings is 2. The molecular formula is C27H28F3N3O3. The van der Waals surface area contributed by atoms with E-state index in [1.165, 1.54) is 12.1 Å². The number of piperazine rings is 1. The summed E-state index contributed by atoms with van der Waals surface area (Å²) < 4.78 is 39.2. The van der Waals surface area contributed by atoms with Crippen molar-refractivity contribution in [2.45, 2.75) is 37.8 Å².